The van der Waals surface area contributed by atoms with Gasteiger partial charge in [-0.25, -0.2) is 9.79 Å². The van der Waals surface area contributed by atoms with Gasteiger partial charge in [-0.15, -0.1) is 0 Å². The van der Waals surface area contributed by atoms with Crippen molar-refractivity contribution in [3.05, 3.63) is 101 Å². The van der Waals surface area contributed by atoms with Crippen molar-refractivity contribution in [1.82, 2.24) is 0 Å². The number of halogens is 2. The molecule has 0 aliphatic carbocycles. The number of hydrogen-bond donors (Lipinski definition) is 0. The first-order valence-corrected chi connectivity index (χ1v) is 12.3. The van der Waals surface area contributed by atoms with E-state index in [4.69, 9.17) is 25.8 Å². The average Bonchev–Trinajstić information content (AvgIpc) is 3.18. The van der Waals surface area contributed by atoms with Crippen LogP contribution in [0.2, 0.25) is 5.02 Å². The Bertz CT molecular complexity index is 1420. The monoisotopic (exact) mass is 618 g/mol. The highest BCUT2D eigenvalue weighted by molar-refractivity contribution is 14.1. The van der Waals surface area contributed by atoms with Gasteiger partial charge < -0.3 is 14.2 Å². The molecule has 0 radical (unpaired) electrons. The molecular weight excluding hydrogens is 599 g/mol. The molecule has 4 rings (SSSR count). The molecule has 0 saturated heterocycles. The minimum absolute atomic E-state index is 0.0261. The molecular formula is C26H20ClIN2O6. The number of rotatable bonds is 8. The molecule has 1 heterocycles. The predicted molar refractivity (Wildman–Crippen MR) is 145 cm³/mol. The van der Waals surface area contributed by atoms with Gasteiger partial charge in [0.15, 0.2) is 17.2 Å². The maximum Gasteiger partial charge on any atom is 0.363 e. The zero-order chi connectivity index (χ0) is 25.8. The quantitative estimate of drug-likeness (QED) is 0.0942. The Morgan fingerprint density at radius 2 is 1.97 bits per heavy atom. The third kappa shape index (κ3) is 5.85. The number of aliphatic imine (C=N–C) groups is 1. The summed E-state index contributed by atoms with van der Waals surface area (Å²) < 4.78 is 18.1. The lowest BCUT2D eigenvalue weighted by molar-refractivity contribution is -0.385. The summed E-state index contributed by atoms with van der Waals surface area (Å²) in [6.07, 6.45) is 1.53. The summed E-state index contributed by atoms with van der Waals surface area (Å²) in [5.74, 6) is 0.259. The predicted octanol–water partition coefficient (Wildman–Crippen LogP) is 6.48. The Kier molecular flexibility index (Phi) is 7.90. The summed E-state index contributed by atoms with van der Waals surface area (Å²) in [5.41, 5.74) is 2.49. The number of cyclic esters (lactones) is 1. The van der Waals surface area contributed by atoms with Gasteiger partial charge in [-0.05, 0) is 90.0 Å². The van der Waals surface area contributed by atoms with Gasteiger partial charge in [-0.3, -0.25) is 10.1 Å². The first kappa shape index (κ1) is 25.6. The van der Waals surface area contributed by atoms with Crippen LogP contribution in [0, 0.1) is 20.6 Å². The number of benzene rings is 3. The lowest BCUT2D eigenvalue weighted by Gasteiger charge is -2.15. The van der Waals surface area contributed by atoms with Crippen molar-refractivity contribution >= 4 is 57.8 Å². The molecule has 0 bridgehead atoms. The number of nitro benzene ring substituents is 1. The number of aryl methyl sites for hydroxylation is 1. The highest BCUT2D eigenvalue weighted by Crippen LogP contribution is 2.38. The topological polar surface area (TPSA) is 100 Å². The van der Waals surface area contributed by atoms with Crippen molar-refractivity contribution in [2.24, 2.45) is 4.99 Å². The minimum Gasteiger partial charge on any atom is -0.490 e. The summed E-state index contributed by atoms with van der Waals surface area (Å²) in [5, 5.41) is 11.4. The van der Waals surface area contributed by atoms with Crippen LogP contribution in [0.15, 0.2) is 65.3 Å². The fourth-order valence-corrected chi connectivity index (χ4v) is 4.42. The van der Waals surface area contributed by atoms with Crippen LogP contribution < -0.4 is 9.47 Å². The number of nitro groups is 1. The summed E-state index contributed by atoms with van der Waals surface area (Å²) in [6, 6.07) is 15.7. The molecule has 0 saturated carbocycles. The van der Waals surface area contributed by atoms with Crippen molar-refractivity contribution in [2.45, 2.75) is 20.5 Å². The van der Waals surface area contributed by atoms with Gasteiger partial charge in [0.05, 0.1) is 16.6 Å². The summed E-state index contributed by atoms with van der Waals surface area (Å²) in [4.78, 5) is 27.3. The standard InChI is InChI=1S/C26H20ClIN2O6/c1-3-34-23-13-17(11-20(27)24(23)35-14-16-5-4-6-19(28)10-16)12-21-26(31)36-25(29-21)18-7-8-22(30(32)33)15(2)9-18/h4-13H,3,14H2,1-2H3/b21-12-. The summed E-state index contributed by atoms with van der Waals surface area (Å²) in [7, 11) is 0. The molecule has 0 aromatic heterocycles. The summed E-state index contributed by atoms with van der Waals surface area (Å²) in [6.45, 7) is 4.15. The molecule has 0 amide bonds. The molecule has 10 heteroatoms. The molecule has 0 unspecified atom stereocenters. The van der Waals surface area contributed by atoms with E-state index in [9.17, 15) is 14.9 Å². The van der Waals surface area contributed by atoms with Crippen molar-refractivity contribution in [3.63, 3.8) is 0 Å². The van der Waals surface area contributed by atoms with E-state index in [1.807, 2.05) is 31.2 Å². The number of esters is 1. The normalized spacial score (nSPS) is 13.9. The first-order chi connectivity index (χ1) is 17.2. The van der Waals surface area contributed by atoms with Crippen LogP contribution >= 0.6 is 34.2 Å². The van der Waals surface area contributed by atoms with Gasteiger partial charge in [0.2, 0.25) is 5.90 Å². The van der Waals surface area contributed by atoms with Gasteiger partial charge in [0, 0.05) is 20.8 Å². The molecule has 3 aromatic rings. The first-order valence-electron chi connectivity index (χ1n) is 10.9. The van der Waals surface area contributed by atoms with Crippen molar-refractivity contribution in [1.29, 1.82) is 0 Å². The molecule has 1 aliphatic heterocycles. The molecule has 3 aromatic carbocycles. The third-order valence-corrected chi connectivity index (χ3v) is 6.12. The maximum absolute atomic E-state index is 12.5. The molecule has 0 N–H and O–H groups in total. The molecule has 1 aliphatic rings. The SMILES string of the molecule is CCOc1cc(/C=C2\N=C(c3ccc([N+](=O)[O-])c(C)c3)OC2=O)cc(Cl)c1OCc1cccc(I)c1. The number of hydrogen-bond acceptors (Lipinski definition) is 7. The second-order valence-electron chi connectivity index (χ2n) is 7.78. The fraction of sp³-hybridized carbons (Fsp3) is 0.154. The van der Waals surface area contributed by atoms with Gasteiger partial charge >= 0.3 is 5.97 Å². The molecule has 0 atom stereocenters. The molecule has 36 heavy (non-hydrogen) atoms. The number of ether oxygens (including phenoxy) is 3. The van der Waals surface area contributed by atoms with Crippen LogP contribution in [-0.2, 0) is 16.1 Å². The Morgan fingerprint density at radius 1 is 1.17 bits per heavy atom. The molecule has 0 spiro atoms. The Balaban J connectivity index is 1.61. The van der Waals surface area contributed by atoms with Gasteiger partial charge in [0.25, 0.3) is 5.69 Å². The second-order valence-corrected chi connectivity index (χ2v) is 9.43. The van der Waals surface area contributed by atoms with Crippen molar-refractivity contribution in [3.8, 4) is 11.5 Å². The van der Waals surface area contributed by atoms with Crippen LogP contribution in [0.25, 0.3) is 6.08 Å². The fourth-order valence-electron chi connectivity index (χ4n) is 3.54. The smallest absolute Gasteiger partial charge is 0.363 e. The van der Waals surface area contributed by atoms with Crippen molar-refractivity contribution in [2.75, 3.05) is 6.61 Å². The van der Waals surface area contributed by atoms with Crippen molar-refractivity contribution < 1.29 is 23.9 Å². The zero-order valence-corrected chi connectivity index (χ0v) is 22.2. The molecule has 184 valence electrons. The highest BCUT2D eigenvalue weighted by atomic mass is 127. The number of carbonyl (C=O) groups is 1. The van der Waals surface area contributed by atoms with E-state index in [1.165, 1.54) is 18.2 Å². The van der Waals surface area contributed by atoms with Crippen LogP contribution in [0.1, 0.15) is 29.2 Å². The van der Waals surface area contributed by atoms with Gasteiger partial charge in [-0.1, -0.05) is 23.7 Å². The van der Waals surface area contributed by atoms with Crippen LogP contribution in [0.5, 0.6) is 11.5 Å². The van der Waals surface area contributed by atoms with Gasteiger partial charge in [0.1, 0.15) is 6.61 Å². The van der Waals surface area contributed by atoms with Crippen LogP contribution in [0.4, 0.5) is 5.69 Å². The molecule has 0 fully saturated rings. The lowest BCUT2D eigenvalue weighted by atomic mass is 10.1. The molecule has 8 nitrogen and oxygen atoms in total. The Labute approximate surface area is 225 Å². The van der Waals surface area contributed by atoms with E-state index in [1.54, 1.807) is 25.1 Å². The van der Waals surface area contributed by atoms with Gasteiger partial charge in [-0.2, -0.15) is 0 Å². The van der Waals surface area contributed by atoms with E-state index in [0.717, 1.165) is 9.13 Å². The maximum atomic E-state index is 12.5. The van der Waals surface area contributed by atoms with E-state index in [0.29, 0.717) is 46.4 Å². The Morgan fingerprint density at radius 3 is 2.67 bits per heavy atom. The van der Waals surface area contributed by atoms with Crippen LogP contribution in [0.3, 0.4) is 0 Å². The van der Waals surface area contributed by atoms with E-state index in [-0.39, 0.29) is 17.3 Å². The minimum atomic E-state index is -0.644. The Hall–Kier alpha value is -3.44. The van der Waals surface area contributed by atoms with E-state index in [2.05, 4.69) is 27.6 Å². The largest absolute Gasteiger partial charge is 0.490 e. The van der Waals surface area contributed by atoms with E-state index >= 15 is 0 Å². The summed E-state index contributed by atoms with van der Waals surface area (Å²) >= 11 is 8.77. The second kappa shape index (κ2) is 11.1. The van der Waals surface area contributed by atoms with Crippen LogP contribution in [-0.4, -0.2) is 23.4 Å². The number of carbonyl (C=O) groups excluding carboxylic acids is 1. The highest BCUT2D eigenvalue weighted by Gasteiger charge is 2.26. The average molecular weight is 619 g/mol. The third-order valence-electron chi connectivity index (χ3n) is 5.17. The zero-order valence-electron chi connectivity index (χ0n) is 19.3. The van der Waals surface area contributed by atoms with E-state index < -0.39 is 10.9 Å². The number of nitrogens with zero attached hydrogens (tertiary/aromatic N) is 2. The lowest BCUT2D eigenvalue weighted by Crippen LogP contribution is -2.06.